The van der Waals surface area contributed by atoms with Gasteiger partial charge in [-0.1, -0.05) is 32.0 Å². The smallest absolute Gasteiger partial charge is 0.200 e. The topological polar surface area (TPSA) is 77.9 Å². The molecule has 0 saturated heterocycles. The zero-order chi connectivity index (χ0) is 23.1. The predicted octanol–water partition coefficient (Wildman–Crippen LogP) is 6.26. The minimum atomic E-state index is -2.65. The second-order valence-corrected chi connectivity index (χ2v) is 11.3. The first kappa shape index (κ1) is 23.9. The number of benzene rings is 2. The second-order valence-electron chi connectivity index (χ2n) is 7.86. The van der Waals surface area contributed by atoms with Crippen LogP contribution in [0.2, 0.25) is 0 Å². The molecule has 0 aliphatic rings. The molecule has 7 heteroatoms. The number of rotatable bonds is 11. The van der Waals surface area contributed by atoms with E-state index in [1.165, 1.54) is 14.2 Å². The van der Waals surface area contributed by atoms with Crippen molar-refractivity contribution in [2.45, 2.75) is 32.3 Å². The van der Waals surface area contributed by atoms with Crippen molar-refractivity contribution in [3.63, 3.8) is 0 Å². The number of phenolic OH excluding ortho intramolecular Hbond substituents is 1. The molecular weight excluding hydrogens is 425 g/mol. The van der Waals surface area contributed by atoms with Gasteiger partial charge in [-0.2, -0.15) is 0 Å². The molecule has 0 bridgehead atoms. The Morgan fingerprint density at radius 1 is 1.00 bits per heavy atom. The van der Waals surface area contributed by atoms with Gasteiger partial charge in [0.05, 0.1) is 38.7 Å². The number of pyridine rings is 1. The van der Waals surface area contributed by atoms with E-state index in [0.717, 1.165) is 29.3 Å². The van der Waals surface area contributed by atoms with Crippen molar-refractivity contribution in [2.75, 3.05) is 33.2 Å². The number of nitrogens with zero attached hydrogens (tertiary/aromatic N) is 1. The lowest BCUT2D eigenvalue weighted by Crippen LogP contribution is -2.15. The number of para-hydroxylation sites is 1. The van der Waals surface area contributed by atoms with Crippen LogP contribution in [0, 0.1) is 0 Å². The van der Waals surface area contributed by atoms with Crippen LogP contribution in [-0.4, -0.2) is 43.2 Å². The third-order valence-electron chi connectivity index (χ3n) is 5.63. The number of methoxy groups -OCH3 is 2. The SMILES string of the molecule is CCCP(=O)(CCC)C(COc1cnc2ccccc2c1)c1cc(OC)c(O)c(OC)c1. The first-order chi connectivity index (χ1) is 15.5. The van der Waals surface area contributed by atoms with Gasteiger partial charge in [-0.15, -0.1) is 0 Å². The molecule has 6 nitrogen and oxygen atoms in total. The molecule has 32 heavy (non-hydrogen) atoms. The molecule has 1 atom stereocenters. The van der Waals surface area contributed by atoms with Crippen LogP contribution in [0.25, 0.3) is 10.9 Å². The molecule has 0 aliphatic carbocycles. The zero-order valence-electron chi connectivity index (χ0n) is 19.2. The number of hydrogen-bond donors (Lipinski definition) is 1. The molecule has 3 rings (SSSR count). The Morgan fingerprint density at radius 2 is 1.62 bits per heavy atom. The summed E-state index contributed by atoms with van der Waals surface area (Å²) >= 11 is 0. The summed E-state index contributed by atoms with van der Waals surface area (Å²) in [6.07, 6.45) is 4.57. The molecular formula is C25H32NO5P. The largest absolute Gasteiger partial charge is 0.502 e. The van der Waals surface area contributed by atoms with Crippen LogP contribution in [-0.2, 0) is 4.57 Å². The average molecular weight is 458 g/mol. The van der Waals surface area contributed by atoms with Crippen LogP contribution in [0.1, 0.15) is 37.9 Å². The summed E-state index contributed by atoms with van der Waals surface area (Å²) in [5.41, 5.74) is 1.31. The highest BCUT2D eigenvalue weighted by atomic mass is 31.2. The van der Waals surface area contributed by atoms with Gasteiger partial charge in [-0.25, -0.2) is 0 Å². The Bertz CT molecular complexity index is 1070. The fourth-order valence-corrected chi connectivity index (χ4v) is 7.49. The Labute approximate surface area is 189 Å². The summed E-state index contributed by atoms with van der Waals surface area (Å²) in [6.45, 7) is 4.32. The molecule has 0 fully saturated rings. The number of aromatic nitrogens is 1. The van der Waals surface area contributed by atoms with Crippen molar-refractivity contribution in [1.82, 2.24) is 4.98 Å². The van der Waals surface area contributed by atoms with Crippen molar-refractivity contribution < 1.29 is 23.9 Å². The summed E-state index contributed by atoms with van der Waals surface area (Å²) in [4.78, 5) is 4.47. The number of phenols is 1. The van der Waals surface area contributed by atoms with Gasteiger partial charge < -0.3 is 23.9 Å². The summed E-state index contributed by atoms with van der Waals surface area (Å²) < 4.78 is 31.1. The quantitative estimate of drug-likeness (QED) is 0.342. The van der Waals surface area contributed by atoms with Gasteiger partial charge in [0.2, 0.25) is 5.75 Å². The highest BCUT2D eigenvalue weighted by Crippen LogP contribution is 2.61. The Morgan fingerprint density at radius 3 is 2.22 bits per heavy atom. The maximum absolute atomic E-state index is 14.2. The summed E-state index contributed by atoms with van der Waals surface area (Å²) in [7, 11) is 0.326. The molecule has 1 N–H and O–H groups in total. The standard InChI is InChI=1S/C25H32NO5P/c1-5-11-32(28,12-6-2)24(19-14-22(29-3)25(27)23(15-19)30-4)17-31-20-13-18-9-7-8-10-21(18)26-16-20/h7-10,13-16,24,27H,5-6,11-12,17H2,1-4H3. The summed E-state index contributed by atoms with van der Waals surface area (Å²) in [5.74, 6) is 1.14. The lowest BCUT2D eigenvalue weighted by atomic mass is 10.1. The molecule has 1 aromatic heterocycles. The normalized spacial score (nSPS) is 12.5. The van der Waals surface area contributed by atoms with Gasteiger partial charge in [0.25, 0.3) is 0 Å². The van der Waals surface area contributed by atoms with E-state index < -0.39 is 7.14 Å². The third-order valence-corrected chi connectivity index (χ3v) is 9.62. The van der Waals surface area contributed by atoms with E-state index >= 15 is 0 Å². The van der Waals surface area contributed by atoms with Crippen molar-refractivity contribution in [3.05, 3.63) is 54.2 Å². The average Bonchev–Trinajstić information content (AvgIpc) is 2.80. The van der Waals surface area contributed by atoms with Crippen molar-refractivity contribution in [3.8, 4) is 23.0 Å². The van der Waals surface area contributed by atoms with E-state index in [9.17, 15) is 9.67 Å². The number of ether oxygens (including phenoxy) is 3. The minimum Gasteiger partial charge on any atom is -0.502 e. The van der Waals surface area contributed by atoms with Gasteiger partial charge in [0, 0.05) is 17.7 Å². The zero-order valence-corrected chi connectivity index (χ0v) is 20.1. The van der Waals surface area contributed by atoms with Gasteiger partial charge in [-0.3, -0.25) is 4.98 Å². The predicted molar refractivity (Wildman–Crippen MR) is 129 cm³/mol. The summed E-state index contributed by atoms with van der Waals surface area (Å²) in [5, 5.41) is 11.3. The Balaban J connectivity index is 2.01. The van der Waals surface area contributed by atoms with Crippen LogP contribution in [0.5, 0.6) is 23.0 Å². The lowest BCUT2D eigenvalue weighted by molar-refractivity contribution is 0.310. The highest BCUT2D eigenvalue weighted by Gasteiger charge is 2.34. The Kier molecular flexibility index (Phi) is 8.03. The van der Waals surface area contributed by atoms with E-state index in [1.54, 1.807) is 18.3 Å². The van der Waals surface area contributed by atoms with E-state index in [4.69, 9.17) is 14.2 Å². The second kappa shape index (κ2) is 10.7. The van der Waals surface area contributed by atoms with Gasteiger partial charge in [-0.05, 0) is 42.7 Å². The number of fused-ring (bicyclic) bond motifs is 1. The van der Waals surface area contributed by atoms with Gasteiger partial charge in [0.15, 0.2) is 11.5 Å². The fraction of sp³-hybridized carbons (Fsp3) is 0.400. The lowest BCUT2D eigenvalue weighted by Gasteiger charge is -2.29. The molecule has 0 aliphatic heterocycles. The number of hydrogen-bond acceptors (Lipinski definition) is 6. The van der Waals surface area contributed by atoms with Gasteiger partial charge >= 0.3 is 0 Å². The van der Waals surface area contributed by atoms with E-state index in [1.807, 2.05) is 44.2 Å². The highest BCUT2D eigenvalue weighted by molar-refractivity contribution is 7.64. The molecule has 1 unspecified atom stereocenters. The maximum Gasteiger partial charge on any atom is 0.200 e. The van der Waals surface area contributed by atoms with Gasteiger partial charge in [0.1, 0.15) is 12.4 Å². The molecule has 172 valence electrons. The van der Waals surface area contributed by atoms with Crippen molar-refractivity contribution >= 4 is 18.0 Å². The van der Waals surface area contributed by atoms with Crippen LogP contribution >= 0.6 is 7.14 Å². The van der Waals surface area contributed by atoms with E-state index in [2.05, 4.69) is 4.98 Å². The van der Waals surface area contributed by atoms with E-state index in [-0.39, 0.29) is 29.5 Å². The maximum atomic E-state index is 14.2. The van der Waals surface area contributed by atoms with Crippen molar-refractivity contribution in [2.24, 2.45) is 0 Å². The molecule has 0 saturated carbocycles. The first-order valence-corrected chi connectivity index (χ1v) is 13.1. The third kappa shape index (κ3) is 5.18. The molecule has 1 heterocycles. The van der Waals surface area contributed by atoms with Crippen molar-refractivity contribution in [1.29, 1.82) is 0 Å². The van der Waals surface area contributed by atoms with Crippen LogP contribution in [0.15, 0.2) is 48.7 Å². The number of aromatic hydroxyl groups is 1. The fourth-order valence-electron chi connectivity index (χ4n) is 4.10. The molecule has 3 aromatic rings. The van der Waals surface area contributed by atoms with Crippen LogP contribution in [0.4, 0.5) is 0 Å². The minimum absolute atomic E-state index is 0.0713. The van der Waals surface area contributed by atoms with E-state index in [0.29, 0.717) is 18.1 Å². The van der Waals surface area contributed by atoms with Crippen LogP contribution < -0.4 is 14.2 Å². The summed E-state index contributed by atoms with van der Waals surface area (Å²) in [6, 6.07) is 13.3. The molecule has 0 radical (unpaired) electrons. The molecule has 0 spiro atoms. The Hall–Kier alpha value is -2.72. The first-order valence-electron chi connectivity index (χ1n) is 11.0. The van der Waals surface area contributed by atoms with Crippen LogP contribution in [0.3, 0.4) is 0 Å². The molecule has 0 amide bonds. The monoisotopic (exact) mass is 457 g/mol. The molecule has 2 aromatic carbocycles.